The number of rotatable bonds is 4. The third kappa shape index (κ3) is 3.34. The van der Waals surface area contributed by atoms with Gasteiger partial charge in [-0.1, -0.05) is 48.0 Å². The molecule has 0 amide bonds. The number of carboxylic acid groups (broad SMARTS) is 1. The minimum Gasteiger partial charge on any atom is -0.481 e. The average molecular weight is 261 g/mol. The molecule has 92 valence electrons. The fourth-order valence-electron chi connectivity index (χ4n) is 1.80. The summed E-state index contributed by atoms with van der Waals surface area (Å²) in [6.45, 7) is 0. The predicted octanol–water partition coefficient (Wildman–Crippen LogP) is 4.02. The van der Waals surface area contributed by atoms with E-state index in [-0.39, 0.29) is 6.42 Å². The van der Waals surface area contributed by atoms with Crippen molar-refractivity contribution in [2.24, 2.45) is 0 Å². The van der Waals surface area contributed by atoms with Crippen molar-refractivity contribution in [2.45, 2.75) is 12.8 Å². The third-order valence-electron chi connectivity index (χ3n) is 2.73. The van der Waals surface area contributed by atoms with Crippen LogP contribution in [0.25, 0.3) is 11.1 Å². The molecule has 0 heterocycles. The SMILES string of the molecule is O=C(O)CCc1cccc(-c2ccc(Cl)cc2)c1. The van der Waals surface area contributed by atoms with Crippen molar-refractivity contribution in [1.29, 1.82) is 0 Å². The molecule has 2 aromatic rings. The number of aliphatic carboxylic acids is 1. The van der Waals surface area contributed by atoms with E-state index < -0.39 is 5.97 Å². The van der Waals surface area contributed by atoms with Crippen LogP contribution in [0, 0.1) is 0 Å². The van der Waals surface area contributed by atoms with E-state index in [0.717, 1.165) is 16.7 Å². The van der Waals surface area contributed by atoms with Crippen LogP contribution in [0.15, 0.2) is 48.5 Å². The predicted molar refractivity (Wildman–Crippen MR) is 72.8 cm³/mol. The Bertz CT molecular complexity index is 547. The smallest absolute Gasteiger partial charge is 0.303 e. The minimum atomic E-state index is -0.771. The first-order valence-corrected chi connectivity index (χ1v) is 6.09. The summed E-state index contributed by atoms with van der Waals surface area (Å²) in [4.78, 5) is 10.6. The van der Waals surface area contributed by atoms with Gasteiger partial charge in [0.05, 0.1) is 0 Å². The molecule has 2 rings (SSSR count). The molecule has 0 bridgehead atoms. The van der Waals surface area contributed by atoms with Crippen LogP contribution in [0.2, 0.25) is 5.02 Å². The lowest BCUT2D eigenvalue weighted by atomic mass is 10.0. The molecule has 1 N–H and O–H groups in total. The number of halogens is 1. The lowest BCUT2D eigenvalue weighted by Crippen LogP contribution is -1.97. The van der Waals surface area contributed by atoms with Crippen LogP contribution in [-0.4, -0.2) is 11.1 Å². The van der Waals surface area contributed by atoms with Crippen LogP contribution in [0.4, 0.5) is 0 Å². The minimum absolute atomic E-state index is 0.157. The molecule has 0 unspecified atom stereocenters. The zero-order chi connectivity index (χ0) is 13.0. The molecule has 0 radical (unpaired) electrons. The topological polar surface area (TPSA) is 37.3 Å². The lowest BCUT2D eigenvalue weighted by Gasteiger charge is -2.05. The number of hydrogen-bond donors (Lipinski definition) is 1. The molecule has 0 saturated heterocycles. The highest BCUT2D eigenvalue weighted by molar-refractivity contribution is 6.30. The summed E-state index contributed by atoms with van der Waals surface area (Å²) in [7, 11) is 0. The fourth-order valence-corrected chi connectivity index (χ4v) is 1.93. The average Bonchev–Trinajstić information content (AvgIpc) is 2.37. The Balaban J connectivity index is 2.21. The van der Waals surface area contributed by atoms with Crippen molar-refractivity contribution in [3.63, 3.8) is 0 Å². The molecule has 3 heteroatoms. The molecular formula is C15H13ClO2. The summed E-state index contributed by atoms with van der Waals surface area (Å²) < 4.78 is 0. The van der Waals surface area contributed by atoms with E-state index in [0.29, 0.717) is 11.4 Å². The Morgan fingerprint density at radius 1 is 1.06 bits per heavy atom. The molecule has 0 aliphatic rings. The van der Waals surface area contributed by atoms with Gasteiger partial charge in [0, 0.05) is 11.4 Å². The number of carboxylic acids is 1. The van der Waals surface area contributed by atoms with E-state index in [1.54, 1.807) is 0 Å². The van der Waals surface area contributed by atoms with Crippen molar-refractivity contribution < 1.29 is 9.90 Å². The normalized spacial score (nSPS) is 10.3. The van der Waals surface area contributed by atoms with Crippen molar-refractivity contribution in [1.82, 2.24) is 0 Å². The van der Waals surface area contributed by atoms with Gasteiger partial charge < -0.3 is 5.11 Å². The molecule has 2 nitrogen and oxygen atoms in total. The molecule has 0 aliphatic heterocycles. The molecule has 0 fully saturated rings. The number of benzene rings is 2. The molecule has 0 spiro atoms. The van der Waals surface area contributed by atoms with Crippen LogP contribution in [0.5, 0.6) is 0 Å². The number of carbonyl (C=O) groups is 1. The van der Waals surface area contributed by atoms with Crippen LogP contribution in [0.1, 0.15) is 12.0 Å². The Morgan fingerprint density at radius 3 is 2.44 bits per heavy atom. The molecular weight excluding hydrogens is 248 g/mol. The van der Waals surface area contributed by atoms with Crippen LogP contribution >= 0.6 is 11.6 Å². The third-order valence-corrected chi connectivity index (χ3v) is 2.98. The first-order valence-electron chi connectivity index (χ1n) is 5.72. The molecule has 18 heavy (non-hydrogen) atoms. The maximum absolute atomic E-state index is 10.6. The molecule has 0 aliphatic carbocycles. The van der Waals surface area contributed by atoms with Gasteiger partial charge in [-0.25, -0.2) is 0 Å². The molecule has 2 aromatic carbocycles. The quantitative estimate of drug-likeness (QED) is 0.901. The number of hydrogen-bond acceptors (Lipinski definition) is 1. The highest BCUT2D eigenvalue weighted by Gasteiger charge is 2.02. The summed E-state index contributed by atoms with van der Waals surface area (Å²) in [5.74, 6) is -0.771. The number of aryl methyl sites for hydroxylation is 1. The van der Waals surface area contributed by atoms with Gasteiger partial charge in [0.1, 0.15) is 0 Å². The van der Waals surface area contributed by atoms with Crippen molar-refractivity contribution in [2.75, 3.05) is 0 Å². The second-order valence-corrected chi connectivity index (χ2v) is 4.54. The van der Waals surface area contributed by atoms with Gasteiger partial charge in [0.25, 0.3) is 0 Å². The second-order valence-electron chi connectivity index (χ2n) is 4.10. The molecule has 0 atom stereocenters. The summed E-state index contributed by atoms with van der Waals surface area (Å²) >= 11 is 5.85. The van der Waals surface area contributed by atoms with Crippen molar-refractivity contribution >= 4 is 17.6 Å². The van der Waals surface area contributed by atoms with E-state index in [1.807, 2.05) is 48.5 Å². The van der Waals surface area contributed by atoms with Gasteiger partial charge in [-0.2, -0.15) is 0 Å². The zero-order valence-corrected chi connectivity index (χ0v) is 10.5. The second kappa shape index (κ2) is 5.69. The maximum Gasteiger partial charge on any atom is 0.303 e. The molecule has 0 saturated carbocycles. The Hall–Kier alpha value is -1.80. The van der Waals surface area contributed by atoms with E-state index >= 15 is 0 Å². The first kappa shape index (κ1) is 12.7. The first-order chi connectivity index (χ1) is 8.65. The van der Waals surface area contributed by atoms with E-state index in [2.05, 4.69) is 0 Å². The maximum atomic E-state index is 10.6. The Morgan fingerprint density at radius 2 is 1.78 bits per heavy atom. The van der Waals surface area contributed by atoms with Crippen LogP contribution in [-0.2, 0) is 11.2 Å². The van der Waals surface area contributed by atoms with Gasteiger partial charge in [-0.05, 0) is 35.2 Å². The summed E-state index contributed by atoms with van der Waals surface area (Å²) in [5.41, 5.74) is 3.19. The summed E-state index contributed by atoms with van der Waals surface area (Å²) in [6, 6.07) is 15.5. The van der Waals surface area contributed by atoms with E-state index in [1.165, 1.54) is 0 Å². The Kier molecular flexibility index (Phi) is 4.00. The highest BCUT2D eigenvalue weighted by atomic mass is 35.5. The Labute approximate surface area is 111 Å². The molecule has 0 aromatic heterocycles. The monoisotopic (exact) mass is 260 g/mol. The van der Waals surface area contributed by atoms with Gasteiger partial charge >= 0.3 is 5.97 Å². The van der Waals surface area contributed by atoms with E-state index in [4.69, 9.17) is 16.7 Å². The van der Waals surface area contributed by atoms with Crippen molar-refractivity contribution in [3.05, 3.63) is 59.1 Å². The lowest BCUT2D eigenvalue weighted by molar-refractivity contribution is -0.136. The van der Waals surface area contributed by atoms with Gasteiger partial charge in [-0.15, -0.1) is 0 Å². The van der Waals surface area contributed by atoms with Gasteiger partial charge in [0.15, 0.2) is 0 Å². The van der Waals surface area contributed by atoms with E-state index in [9.17, 15) is 4.79 Å². The zero-order valence-electron chi connectivity index (χ0n) is 9.77. The largest absolute Gasteiger partial charge is 0.481 e. The van der Waals surface area contributed by atoms with Crippen molar-refractivity contribution in [3.8, 4) is 11.1 Å². The summed E-state index contributed by atoms with van der Waals surface area (Å²) in [5, 5.41) is 9.39. The standard InChI is InChI=1S/C15H13ClO2/c16-14-7-5-12(6-8-14)13-3-1-2-11(10-13)4-9-15(17)18/h1-3,5-8,10H,4,9H2,(H,17,18). The van der Waals surface area contributed by atoms with Crippen LogP contribution in [0.3, 0.4) is 0 Å². The van der Waals surface area contributed by atoms with Gasteiger partial charge in [0.2, 0.25) is 0 Å². The fraction of sp³-hybridized carbons (Fsp3) is 0.133. The summed E-state index contributed by atoms with van der Waals surface area (Å²) in [6.07, 6.45) is 0.709. The van der Waals surface area contributed by atoms with Gasteiger partial charge in [-0.3, -0.25) is 4.79 Å². The highest BCUT2D eigenvalue weighted by Crippen LogP contribution is 2.22. The van der Waals surface area contributed by atoms with Crippen LogP contribution < -0.4 is 0 Å².